The number of esters is 1. The lowest BCUT2D eigenvalue weighted by Gasteiger charge is -2.08. The molecule has 0 aromatic heterocycles. The molecule has 6 heteroatoms. The van der Waals surface area contributed by atoms with Gasteiger partial charge in [0.15, 0.2) is 11.6 Å². The van der Waals surface area contributed by atoms with Crippen LogP contribution in [-0.4, -0.2) is 25.5 Å². The number of benzene rings is 2. The molecule has 5 nitrogen and oxygen atoms in total. The van der Waals surface area contributed by atoms with Crippen molar-refractivity contribution < 1.29 is 23.5 Å². The number of methoxy groups -OCH3 is 1. The molecule has 2 rings (SSSR count). The summed E-state index contributed by atoms with van der Waals surface area (Å²) in [5.41, 5.74) is 1.92. The second-order valence-electron chi connectivity index (χ2n) is 5.18. The summed E-state index contributed by atoms with van der Waals surface area (Å²) in [5.74, 6) is -1.37. The topological polar surface area (TPSA) is 64.6 Å². The van der Waals surface area contributed by atoms with Crippen molar-refractivity contribution in [3.05, 3.63) is 65.0 Å². The number of hydrogen-bond acceptors (Lipinski definition) is 4. The lowest BCUT2D eigenvalue weighted by atomic mass is 10.1. The first-order valence-electron chi connectivity index (χ1n) is 7.32. The summed E-state index contributed by atoms with van der Waals surface area (Å²) in [6.45, 7) is 1.53. The van der Waals surface area contributed by atoms with Crippen molar-refractivity contribution in [2.45, 2.75) is 13.5 Å². The largest absolute Gasteiger partial charge is 0.494 e. The molecule has 0 unspecified atom stereocenters. The zero-order valence-electron chi connectivity index (χ0n) is 13.5. The molecule has 0 aliphatic rings. The van der Waals surface area contributed by atoms with E-state index in [2.05, 4.69) is 5.32 Å². The van der Waals surface area contributed by atoms with Crippen LogP contribution in [0, 0.1) is 12.7 Å². The highest BCUT2D eigenvalue weighted by Crippen LogP contribution is 2.18. The van der Waals surface area contributed by atoms with E-state index < -0.39 is 11.8 Å². The molecule has 0 spiro atoms. The summed E-state index contributed by atoms with van der Waals surface area (Å²) in [6.07, 6.45) is 0. The molecule has 0 radical (unpaired) electrons. The summed E-state index contributed by atoms with van der Waals surface area (Å²) in [7, 11) is 1.37. The zero-order valence-corrected chi connectivity index (χ0v) is 13.5. The van der Waals surface area contributed by atoms with E-state index in [1.54, 1.807) is 24.3 Å². The van der Waals surface area contributed by atoms with Gasteiger partial charge in [0, 0.05) is 5.56 Å². The Labute approximate surface area is 139 Å². The van der Waals surface area contributed by atoms with Crippen LogP contribution in [0.4, 0.5) is 4.39 Å². The van der Waals surface area contributed by atoms with Gasteiger partial charge in [0.05, 0.1) is 7.11 Å². The van der Waals surface area contributed by atoms with Crippen molar-refractivity contribution in [1.82, 2.24) is 5.32 Å². The highest BCUT2D eigenvalue weighted by molar-refractivity contribution is 5.96. The second kappa shape index (κ2) is 8.10. The molecular weight excluding hydrogens is 313 g/mol. The number of carbonyl (C=O) groups excluding carboxylic acids is 2. The van der Waals surface area contributed by atoms with Gasteiger partial charge in [-0.3, -0.25) is 9.59 Å². The molecule has 0 saturated carbocycles. The van der Waals surface area contributed by atoms with E-state index >= 15 is 0 Å². The maximum absolute atomic E-state index is 13.5. The third-order valence-corrected chi connectivity index (χ3v) is 3.29. The molecular formula is C18H18FNO4. The van der Waals surface area contributed by atoms with Gasteiger partial charge < -0.3 is 14.8 Å². The van der Waals surface area contributed by atoms with Gasteiger partial charge in [-0.05, 0) is 36.8 Å². The van der Waals surface area contributed by atoms with E-state index in [4.69, 9.17) is 9.47 Å². The van der Waals surface area contributed by atoms with Crippen LogP contribution in [0.25, 0.3) is 0 Å². The quantitative estimate of drug-likeness (QED) is 0.827. The average molecular weight is 331 g/mol. The zero-order chi connectivity index (χ0) is 17.5. The summed E-state index contributed by atoms with van der Waals surface area (Å²) in [5, 5.41) is 2.48. The molecule has 24 heavy (non-hydrogen) atoms. The summed E-state index contributed by atoms with van der Waals surface area (Å²) >= 11 is 0. The van der Waals surface area contributed by atoms with Crippen LogP contribution in [0.5, 0.6) is 5.75 Å². The van der Waals surface area contributed by atoms with Crippen LogP contribution >= 0.6 is 0 Å². The number of halogens is 1. The Bertz CT molecular complexity index is 746. The third-order valence-electron chi connectivity index (χ3n) is 3.29. The molecule has 1 amide bonds. The van der Waals surface area contributed by atoms with Crippen LogP contribution in [0.3, 0.4) is 0 Å². The van der Waals surface area contributed by atoms with Gasteiger partial charge in [-0.1, -0.05) is 23.8 Å². The van der Waals surface area contributed by atoms with Gasteiger partial charge in [-0.2, -0.15) is 0 Å². The minimum Gasteiger partial charge on any atom is -0.494 e. The van der Waals surface area contributed by atoms with E-state index in [9.17, 15) is 14.0 Å². The summed E-state index contributed by atoms with van der Waals surface area (Å²) in [4.78, 5) is 23.6. The van der Waals surface area contributed by atoms with Gasteiger partial charge in [-0.25, -0.2) is 4.39 Å². The highest BCUT2D eigenvalue weighted by Gasteiger charge is 2.10. The Hall–Kier alpha value is -2.89. The smallest absolute Gasteiger partial charge is 0.325 e. The molecule has 126 valence electrons. The first-order chi connectivity index (χ1) is 11.5. The van der Waals surface area contributed by atoms with E-state index in [-0.39, 0.29) is 24.8 Å². The number of carbonyl (C=O) groups is 2. The molecule has 2 aromatic carbocycles. The molecule has 0 atom stereocenters. The fraction of sp³-hybridized carbons (Fsp3) is 0.222. The van der Waals surface area contributed by atoms with Crippen LogP contribution in [0.1, 0.15) is 21.5 Å². The Balaban J connectivity index is 1.81. The van der Waals surface area contributed by atoms with Crippen LogP contribution in [0.15, 0.2) is 42.5 Å². The van der Waals surface area contributed by atoms with E-state index in [0.29, 0.717) is 11.1 Å². The van der Waals surface area contributed by atoms with Gasteiger partial charge in [0.25, 0.3) is 5.91 Å². The Kier molecular flexibility index (Phi) is 5.89. The third kappa shape index (κ3) is 4.81. The normalized spacial score (nSPS) is 10.1. The SMILES string of the molecule is COc1ccc(COC(=O)CNC(=O)c2cccc(C)c2)cc1F. The maximum Gasteiger partial charge on any atom is 0.325 e. The predicted octanol–water partition coefficient (Wildman–Crippen LogP) is 2.62. The average Bonchev–Trinajstić information content (AvgIpc) is 2.58. The second-order valence-corrected chi connectivity index (χ2v) is 5.18. The standard InChI is InChI=1S/C18H18FNO4/c1-12-4-3-5-14(8-12)18(22)20-10-17(21)24-11-13-6-7-16(23-2)15(19)9-13/h3-9H,10-11H2,1-2H3,(H,20,22). The van der Waals surface area contributed by atoms with E-state index in [1.165, 1.54) is 19.2 Å². The van der Waals surface area contributed by atoms with Crippen molar-refractivity contribution in [2.75, 3.05) is 13.7 Å². The molecule has 2 aromatic rings. The summed E-state index contributed by atoms with van der Waals surface area (Å²) < 4.78 is 23.3. The van der Waals surface area contributed by atoms with E-state index in [1.807, 2.05) is 13.0 Å². The summed E-state index contributed by atoms with van der Waals surface area (Å²) in [6, 6.07) is 11.3. The Morgan fingerprint density at radius 2 is 1.96 bits per heavy atom. The number of ether oxygens (including phenoxy) is 2. The highest BCUT2D eigenvalue weighted by atomic mass is 19.1. The maximum atomic E-state index is 13.5. The van der Waals surface area contributed by atoms with Gasteiger partial charge in [0.1, 0.15) is 13.2 Å². The number of amides is 1. The van der Waals surface area contributed by atoms with Crippen LogP contribution in [-0.2, 0) is 16.1 Å². The molecule has 1 N–H and O–H groups in total. The minimum absolute atomic E-state index is 0.0833. The molecule has 0 aliphatic heterocycles. The minimum atomic E-state index is -0.604. The Morgan fingerprint density at radius 3 is 2.62 bits per heavy atom. The van der Waals surface area contributed by atoms with Crippen molar-refractivity contribution in [1.29, 1.82) is 0 Å². The number of rotatable bonds is 6. The first kappa shape index (κ1) is 17.5. The predicted molar refractivity (Wildman–Crippen MR) is 86.3 cm³/mol. The molecule has 0 aliphatic carbocycles. The van der Waals surface area contributed by atoms with Crippen molar-refractivity contribution in [3.63, 3.8) is 0 Å². The van der Waals surface area contributed by atoms with Crippen LogP contribution in [0.2, 0.25) is 0 Å². The molecule has 0 bridgehead atoms. The lowest BCUT2D eigenvalue weighted by molar-refractivity contribution is -0.143. The molecule has 0 heterocycles. The fourth-order valence-electron chi connectivity index (χ4n) is 2.06. The van der Waals surface area contributed by atoms with Crippen molar-refractivity contribution in [2.24, 2.45) is 0 Å². The molecule has 0 saturated heterocycles. The van der Waals surface area contributed by atoms with Crippen molar-refractivity contribution >= 4 is 11.9 Å². The first-order valence-corrected chi connectivity index (χ1v) is 7.32. The number of aryl methyl sites for hydroxylation is 1. The van der Waals surface area contributed by atoms with Crippen molar-refractivity contribution in [3.8, 4) is 5.75 Å². The van der Waals surface area contributed by atoms with Gasteiger partial charge in [0.2, 0.25) is 0 Å². The van der Waals surface area contributed by atoms with Gasteiger partial charge in [-0.15, -0.1) is 0 Å². The Morgan fingerprint density at radius 1 is 1.17 bits per heavy atom. The van der Waals surface area contributed by atoms with Gasteiger partial charge >= 0.3 is 5.97 Å². The number of hydrogen-bond donors (Lipinski definition) is 1. The number of nitrogens with one attached hydrogen (secondary N) is 1. The van der Waals surface area contributed by atoms with Crippen LogP contribution < -0.4 is 10.1 Å². The lowest BCUT2D eigenvalue weighted by Crippen LogP contribution is -2.30. The fourth-order valence-corrected chi connectivity index (χ4v) is 2.06. The molecule has 0 fully saturated rings. The monoisotopic (exact) mass is 331 g/mol. The van der Waals surface area contributed by atoms with E-state index in [0.717, 1.165) is 5.56 Å².